The smallest absolute Gasteiger partial charge is 0.253 e. The van der Waals surface area contributed by atoms with Crippen molar-refractivity contribution in [2.24, 2.45) is 5.92 Å². The zero-order valence-corrected chi connectivity index (χ0v) is 17.6. The zero-order chi connectivity index (χ0) is 19.4. The van der Waals surface area contributed by atoms with Crippen molar-refractivity contribution in [2.45, 2.75) is 40.3 Å². The first-order valence-electron chi connectivity index (χ1n) is 9.75. The molecule has 1 amide bonds. The van der Waals surface area contributed by atoms with Crippen LogP contribution >= 0.6 is 11.3 Å². The summed E-state index contributed by atoms with van der Waals surface area (Å²) >= 11 is 1.74. The van der Waals surface area contributed by atoms with Gasteiger partial charge >= 0.3 is 0 Å². The number of aryl methyl sites for hydroxylation is 1. The molecule has 1 saturated heterocycles. The predicted molar refractivity (Wildman–Crippen MR) is 111 cm³/mol. The predicted octanol–water partition coefficient (Wildman–Crippen LogP) is 3.30. The Labute approximate surface area is 166 Å². The number of nitrogens with zero attached hydrogens (tertiary/aromatic N) is 2. The third-order valence-corrected chi connectivity index (χ3v) is 5.91. The van der Waals surface area contributed by atoms with Crippen LogP contribution in [0.3, 0.4) is 0 Å². The van der Waals surface area contributed by atoms with Gasteiger partial charge in [0.15, 0.2) is 0 Å². The largest absolute Gasteiger partial charge is 0.374 e. The minimum absolute atomic E-state index is 0.00915. The fraction of sp³-hybridized carbons (Fsp3) is 0.571. The van der Waals surface area contributed by atoms with E-state index in [-0.39, 0.29) is 12.0 Å². The van der Waals surface area contributed by atoms with Gasteiger partial charge in [0.1, 0.15) is 0 Å². The van der Waals surface area contributed by atoms with Gasteiger partial charge in [-0.1, -0.05) is 19.9 Å². The lowest BCUT2D eigenvalue weighted by molar-refractivity contribution is -0.0295. The number of amides is 1. The van der Waals surface area contributed by atoms with Gasteiger partial charge < -0.3 is 14.6 Å². The number of carbonyl (C=O) groups is 1. The van der Waals surface area contributed by atoms with Crippen molar-refractivity contribution >= 4 is 17.2 Å². The van der Waals surface area contributed by atoms with Crippen molar-refractivity contribution in [3.05, 3.63) is 45.4 Å². The van der Waals surface area contributed by atoms with E-state index < -0.39 is 0 Å². The van der Waals surface area contributed by atoms with E-state index in [1.165, 1.54) is 4.88 Å². The fourth-order valence-electron chi connectivity index (χ4n) is 3.72. The molecule has 1 fully saturated rings. The molecule has 0 radical (unpaired) electrons. The number of rotatable bonds is 7. The molecule has 1 aliphatic rings. The Morgan fingerprint density at radius 2 is 2.22 bits per heavy atom. The lowest BCUT2D eigenvalue weighted by Gasteiger charge is -2.33. The number of carbonyl (C=O) groups excluding carboxylic acids is 1. The van der Waals surface area contributed by atoms with Crippen LogP contribution in [0.4, 0.5) is 0 Å². The topological polar surface area (TPSA) is 46.5 Å². The summed E-state index contributed by atoms with van der Waals surface area (Å²) in [6.45, 7) is 13.6. The van der Waals surface area contributed by atoms with Crippen molar-refractivity contribution in [2.75, 3.05) is 32.8 Å². The van der Waals surface area contributed by atoms with Gasteiger partial charge in [0.25, 0.3) is 5.91 Å². The lowest BCUT2D eigenvalue weighted by atomic mass is 10.1. The molecular formula is C21H31N3O2S. The molecule has 2 aromatic rings. The zero-order valence-electron chi connectivity index (χ0n) is 16.8. The van der Waals surface area contributed by atoms with Crippen molar-refractivity contribution < 1.29 is 9.53 Å². The molecule has 1 aliphatic heterocycles. The fourth-order valence-corrected chi connectivity index (χ4v) is 4.41. The van der Waals surface area contributed by atoms with E-state index in [9.17, 15) is 4.79 Å². The molecule has 0 aromatic carbocycles. The van der Waals surface area contributed by atoms with Crippen LogP contribution in [-0.2, 0) is 11.3 Å². The van der Waals surface area contributed by atoms with Crippen LogP contribution in [-0.4, -0.2) is 54.3 Å². The first-order valence-corrected chi connectivity index (χ1v) is 10.6. The SMILES string of the molecule is Cc1cc(C(=O)NCC2CN(CC(C)C)CCO2)c(C)n1Cc1cccs1. The Balaban J connectivity index is 1.58. The first-order chi connectivity index (χ1) is 12.9. The molecule has 2 aromatic heterocycles. The highest BCUT2D eigenvalue weighted by atomic mass is 32.1. The molecule has 0 spiro atoms. The highest BCUT2D eigenvalue weighted by Crippen LogP contribution is 2.19. The van der Waals surface area contributed by atoms with Crippen LogP contribution in [0.2, 0.25) is 0 Å². The highest BCUT2D eigenvalue weighted by Gasteiger charge is 2.22. The number of nitrogens with one attached hydrogen (secondary N) is 1. The standard InChI is InChI=1S/C21H31N3O2S/c1-15(2)12-23-7-8-26-18(13-23)11-22-21(25)20-10-16(3)24(17(20)4)14-19-6-5-9-27-19/h5-6,9-10,15,18H,7-8,11-14H2,1-4H3,(H,22,25). The summed E-state index contributed by atoms with van der Waals surface area (Å²) in [5.41, 5.74) is 2.89. The molecule has 3 rings (SSSR count). The second-order valence-corrected chi connectivity index (χ2v) is 8.84. The quantitative estimate of drug-likeness (QED) is 0.790. The van der Waals surface area contributed by atoms with Crippen molar-refractivity contribution in [3.63, 3.8) is 0 Å². The van der Waals surface area contributed by atoms with Crippen LogP contribution in [0, 0.1) is 19.8 Å². The van der Waals surface area contributed by atoms with E-state index in [0.29, 0.717) is 12.5 Å². The maximum atomic E-state index is 12.7. The van der Waals surface area contributed by atoms with E-state index in [0.717, 1.165) is 49.7 Å². The summed E-state index contributed by atoms with van der Waals surface area (Å²) in [5, 5.41) is 5.17. The van der Waals surface area contributed by atoms with Crippen molar-refractivity contribution in [3.8, 4) is 0 Å². The minimum Gasteiger partial charge on any atom is -0.374 e. The third-order valence-electron chi connectivity index (χ3n) is 5.05. The average Bonchev–Trinajstić information content (AvgIpc) is 3.23. The van der Waals surface area contributed by atoms with Gasteiger partial charge in [0.2, 0.25) is 0 Å². The molecule has 1 atom stereocenters. The summed E-state index contributed by atoms with van der Waals surface area (Å²) < 4.78 is 8.06. The van der Waals surface area contributed by atoms with Crippen LogP contribution < -0.4 is 5.32 Å². The minimum atomic E-state index is -0.00915. The van der Waals surface area contributed by atoms with E-state index in [1.807, 2.05) is 13.0 Å². The van der Waals surface area contributed by atoms with Gasteiger partial charge in [-0.2, -0.15) is 0 Å². The molecule has 148 valence electrons. The highest BCUT2D eigenvalue weighted by molar-refractivity contribution is 7.09. The summed E-state index contributed by atoms with van der Waals surface area (Å²) in [4.78, 5) is 16.5. The van der Waals surface area contributed by atoms with Crippen LogP contribution in [0.5, 0.6) is 0 Å². The van der Waals surface area contributed by atoms with Gasteiger partial charge in [0, 0.05) is 42.4 Å². The van der Waals surface area contributed by atoms with Crippen LogP contribution in [0.1, 0.15) is 40.5 Å². The molecule has 0 saturated carbocycles. The molecule has 0 bridgehead atoms. The second kappa shape index (κ2) is 9.04. The molecule has 1 N–H and O–H groups in total. The summed E-state index contributed by atoms with van der Waals surface area (Å²) in [7, 11) is 0. The van der Waals surface area contributed by atoms with Gasteiger partial charge in [-0.15, -0.1) is 11.3 Å². The molecule has 1 unspecified atom stereocenters. The Kier molecular flexibility index (Phi) is 6.73. The number of ether oxygens (including phenoxy) is 1. The summed E-state index contributed by atoms with van der Waals surface area (Å²) in [6, 6.07) is 6.19. The molecule has 0 aliphatic carbocycles. The first kappa shape index (κ1) is 20.1. The van der Waals surface area contributed by atoms with E-state index in [4.69, 9.17) is 4.74 Å². The van der Waals surface area contributed by atoms with E-state index >= 15 is 0 Å². The summed E-state index contributed by atoms with van der Waals surface area (Å²) in [6.07, 6.45) is 0.0658. The molecule has 3 heterocycles. The van der Waals surface area contributed by atoms with Gasteiger partial charge in [-0.05, 0) is 37.3 Å². The Bertz CT molecular complexity index is 752. The molecule has 6 heteroatoms. The van der Waals surface area contributed by atoms with Gasteiger partial charge in [-0.3, -0.25) is 9.69 Å². The number of hydrogen-bond donors (Lipinski definition) is 1. The second-order valence-electron chi connectivity index (χ2n) is 7.81. The Hall–Kier alpha value is -1.63. The van der Waals surface area contributed by atoms with Crippen molar-refractivity contribution in [1.82, 2.24) is 14.8 Å². The molecular weight excluding hydrogens is 358 g/mol. The number of thiophene rings is 1. The third kappa shape index (κ3) is 5.21. The van der Waals surface area contributed by atoms with Gasteiger partial charge in [0.05, 0.1) is 24.8 Å². The van der Waals surface area contributed by atoms with E-state index in [2.05, 4.69) is 53.1 Å². The Morgan fingerprint density at radius 3 is 2.93 bits per heavy atom. The summed E-state index contributed by atoms with van der Waals surface area (Å²) in [5.74, 6) is 0.636. The van der Waals surface area contributed by atoms with Crippen LogP contribution in [0.15, 0.2) is 23.6 Å². The van der Waals surface area contributed by atoms with Gasteiger partial charge in [-0.25, -0.2) is 0 Å². The number of aromatic nitrogens is 1. The molecule has 27 heavy (non-hydrogen) atoms. The normalized spacial score (nSPS) is 18.2. The maximum Gasteiger partial charge on any atom is 0.253 e. The molecule has 5 nitrogen and oxygen atoms in total. The Morgan fingerprint density at radius 1 is 1.41 bits per heavy atom. The van der Waals surface area contributed by atoms with E-state index in [1.54, 1.807) is 11.3 Å². The average molecular weight is 390 g/mol. The lowest BCUT2D eigenvalue weighted by Crippen LogP contribution is -2.48. The number of hydrogen-bond acceptors (Lipinski definition) is 4. The van der Waals surface area contributed by atoms with Crippen LogP contribution in [0.25, 0.3) is 0 Å². The maximum absolute atomic E-state index is 12.7. The van der Waals surface area contributed by atoms with Crippen molar-refractivity contribution in [1.29, 1.82) is 0 Å². The monoisotopic (exact) mass is 389 g/mol. The number of morpholine rings is 1.